The molecule has 0 amide bonds. The Balaban J connectivity index is 1.19. The molecule has 9 nitrogen and oxygen atoms in total. The molecule has 0 spiro atoms. The minimum absolute atomic E-state index is 0.117. The zero-order valence-electron chi connectivity index (χ0n) is 20.9. The van der Waals surface area contributed by atoms with Crippen molar-refractivity contribution in [1.82, 2.24) is 19.7 Å². The number of aromatic nitrogens is 4. The number of rotatable bonds is 8. The van der Waals surface area contributed by atoms with Gasteiger partial charge in [-0.2, -0.15) is 4.98 Å². The van der Waals surface area contributed by atoms with Gasteiger partial charge in [-0.05, 0) is 42.8 Å². The van der Waals surface area contributed by atoms with Crippen LogP contribution in [0.4, 0.5) is 6.01 Å². The summed E-state index contributed by atoms with van der Waals surface area (Å²) >= 11 is 0. The number of carbonyl (C=O) groups excluding carboxylic acids is 1. The smallest absolute Gasteiger partial charge is 0.324 e. The Labute approximate surface area is 210 Å². The van der Waals surface area contributed by atoms with E-state index in [9.17, 15) is 4.79 Å². The van der Waals surface area contributed by atoms with E-state index in [4.69, 9.17) is 14.0 Å². The van der Waals surface area contributed by atoms with Crippen LogP contribution in [0.1, 0.15) is 50.9 Å². The molecule has 9 heteroatoms. The molecule has 1 aromatic carbocycles. The molecule has 5 rings (SSSR count). The SMILES string of the molecule is CCOC(=O)Cc1ccc2c(ccn2-c2ccc(OC3CCN(c4nc(C(C)C)no4)CC3)cn2)c1. The number of hydrogen-bond acceptors (Lipinski definition) is 8. The second-order valence-corrected chi connectivity index (χ2v) is 9.31. The second-order valence-electron chi connectivity index (χ2n) is 9.31. The number of ether oxygens (including phenoxy) is 2. The number of nitrogens with zero attached hydrogens (tertiary/aromatic N) is 5. The lowest BCUT2D eigenvalue weighted by Gasteiger charge is -2.30. The molecule has 0 aliphatic carbocycles. The van der Waals surface area contributed by atoms with Gasteiger partial charge in [0.1, 0.15) is 17.7 Å². The van der Waals surface area contributed by atoms with Crippen molar-refractivity contribution in [2.45, 2.75) is 52.1 Å². The third-order valence-electron chi connectivity index (χ3n) is 6.34. The van der Waals surface area contributed by atoms with E-state index in [1.807, 2.05) is 54.1 Å². The molecule has 3 aromatic heterocycles. The van der Waals surface area contributed by atoms with Crippen LogP contribution in [0.5, 0.6) is 5.75 Å². The van der Waals surface area contributed by atoms with Gasteiger partial charge in [-0.1, -0.05) is 25.1 Å². The predicted octanol–water partition coefficient (Wildman–Crippen LogP) is 4.69. The maximum absolute atomic E-state index is 11.8. The fraction of sp³-hybridized carbons (Fsp3) is 0.407. The quantitative estimate of drug-likeness (QED) is 0.329. The molecule has 188 valence electrons. The minimum atomic E-state index is -0.214. The number of carbonyl (C=O) groups is 1. The van der Waals surface area contributed by atoms with Crippen LogP contribution in [-0.2, 0) is 16.0 Å². The normalized spacial score (nSPS) is 14.5. The van der Waals surface area contributed by atoms with Crippen molar-refractivity contribution < 1.29 is 18.8 Å². The molecule has 1 fully saturated rings. The number of piperidine rings is 1. The standard InChI is InChI=1S/C27H31N5O4/c1-4-34-25(33)16-19-5-7-23-20(15-19)9-14-32(23)24-8-6-22(17-28-24)35-21-10-12-31(13-11-21)27-29-26(18(2)3)30-36-27/h5-9,14-15,17-18,21H,4,10-13,16H2,1-3H3. The molecule has 1 saturated heterocycles. The van der Waals surface area contributed by atoms with Crippen molar-refractivity contribution in [1.29, 1.82) is 0 Å². The summed E-state index contributed by atoms with van der Waals surface area (Å²) in [5, 5.41) is 5.11. The Morgan fingerprint density at radius 2 is 2.00 bits per heavy atom. The number of anilines is 1. The molecule has 0 unspecified atom stereocenters. The molecule has 4 heterocycles. The summed E-state index contributed by atoms with van der Waals surface area (Å²) < 4.78 is 18.7. The summed E-state index contributed by atoms with van der Waals surface area (Å²) in [6, 6.07) is 12.5. The van der Waals surface area contributed by atoms with Crippen LogP contribution in [0.3, 0.4) is 0 Å². The maximum atomic E-state index is 11.8. The van der Waals surface area contributed by atoms with E-state index < -0.39 is 0 Å². The van der Waals surface area contributed by atoms with Gasteiger partial charge in [0.15, 0.2) is 5.82 Å². The Hall–Kier alpha value is -3.88. The highest BCUT2D eigenvalue weighted by Gasteiger charge is 2.24. The van der Waals surface area contributed by atoms with Gasteiger partial charge < -0.3 is 23.5 Å². The van der Waals surface area contributed by atoms with Gasteiger partial charge in [0, 0.05) is 43.4 Å². The zero-order valence-corrected chi connectivity index (χ0v) is 20.9. The minimum Gasteiger partial charge on any atom is -0.489 e. The molecule has 0 saturated carbocycles. The van der Waals surface area contributed by atoms with Crippen LogP contribution in [0.25, 0.3) is 16.7 Å². The lowest BCUT2D eigenvalue weighted by atomic mass is 10.1. The highest BCUT2D eigenvalue weighted by atomic mass is 16.5. The lowest BCUT2D eigenvalue weighted by molar-refractivity contribution is -0.142. The number of fused-ring (bicyclic) bond motifs is 1. The molecular formula is C27H31N5O4. The number of hydrogen-bond donors (Lipinski definition) is 0. The summed E-state index contributed by atoms with van der Waals surface area (Å²) in [7, 11) is 0. The fourth-order valence-electron chi connectivity index (χ4n) is 4.41. The van der Waals surface area contributed by atoms with Gasteiger partial charge >= 0.3 is 12.0 Å². The maximum Gasteiger partial charge on any atom is 0.324 e. The fourth-order valence-corrected chi connectivity index (χ4v) is 4.41. The van der Waals surface area contributed by atoms with E-state index in [1.54, 1.807) is 6.20 Å². The van der Waals surface area contributed by atoms with E-state index in [0.717, 1.165) is 59.8 Å². The second kappa shape index (κ2) is 10.4. The average molecular weight is 490 g/mol. The van der Waals surface area contributed by atoms with Gasteiger partial charge in [-0.3, -0.25) is 4.79 Å². The third kappa shape index (κ3) is 5.19. The Morgan fingerprint density at radius 3 is 2.69 bits per heavy atom. The first-order valence-electron chi connectivity index (χ1n) is 12.5. The van der Waals surface area contributed by atoms with Crippen LogP contribution < -0.4 is 9.64 Å². The number of benzene rings is 1. The van der Waals surface area contributed by atoms with E-state index >= 15 is 0 Å². The summed E-state index contributed by atoms with van der Waals surface area (Å²) in [6.07, 6.45) is 5.89. The summed E-state index contributed by atoms with van der Waals surface area (Å²) in [5.74, 6) is 2.33. The zero-order chi connectivity index (χ0) is 25.1. The van der Waals surface area contributed by atoms with Crippen molar-refractivity contribution in [2.24, 2.45) is 0 Å². The van der Waals surface area contributed by atoms with Crippen LogP contribution in [-0.4, -0.2) is 51.5 Å². The molecule has 0 N–H and O–H groups in total. The summed E-state index contributed by atoms with van der Waals surface area (Å²) in [5.41, 5.74) is 1.96. The number of esters is 1. The van der Waals surface area contributed by atoms with Crippen molar-refractivity contribution in [2.75, 3.05) is 24.6 Å². The van der Waals surface area contributed by atoms with Crippen molar-refractivity contribution >= 4 is 22.9 Å². The number of pyridine rings is 1. The van der Waals surface area contributed by atoms with E-state index in [2.05, 4.69) is 33.9 Å². The van der Waals surface area contributed by atoms with E-state index in [0.29, 0.717) is 12.6 Å². The molecule has 0 radical (unpaired) electrons. The molecular weight excluding hydrogens is 458 g/mol. The van der Waals surface area contributed by atoms with Crippen LogP contribution >= 0.6 is 0 Å². The monoisotopic (exact) mass is 489 g/mol. The predicted molar refractivity (Wildman–Crippen MR) is 136 cm³/mol. The largest absolute Gasteiger partial charge is 0.489 e. The van der Waals surface area contributed by atoms with Gasteiger partial charge in [0.05, 0.1) is 24.7 Å². The van der Waals surface area contributed by atoms with Gasteiger partial charge in [-0.15, -0.1) is 0 Å². The van der Waals surface area contributed by atoms with E-state index in [-0.39, 0.29) is 24.4 Å². The van der Waals surface area contributed by atoms with E-state index in [1.165, 1.54) is 0 Å². The van der Waals surface area contributed by atoms with Gasteiger partial charge in [-0.25, -0.2) is 4.98 Å². The van der Waals surface area contributed by atoms with Crippen molar-refractivity contribution in [3.8, 4) is 11.6 Å². The summed E-state index contributed by atoms with van der Waals surface area (Å²) in [4.78, 5) is 23.0. The topological polar surface area (TPSA) is 95.5 Å². The molecule has 0 atom stereocenters. The summed E-state index contributed by atoms with van der Waals surface area (Å²) in [6.45, 7) is 7.93. The highest BCUT2D eigenvalue weighted by Crippen LogP contribution is 2.25. The van der Waals surface area contributed by atoms with Gasteiger partial charge in [0.2, 0.25) is 0 Å². The van der Waals surface area contributed by atoms with Gasteiger partial charge in [0.25, 0.3) is 0 Å². The molecule has 1 aliphatic rings. The first kappa shape index (κ1) is 23.8. The van der Waals surface area contributed by atoms with Crippen LogP contribution in [0.15, 0.2) is 53.3 Å². The molecule has 36 heavy (non-hydrogen) atoms. The lowest BCUT2D eigenvalue weighted by Crippen LogP contribution is -2.38. The van der Waals surface area contributed by atoms with Crippen molar-refractivity contribution in [3.63, 3.8) is 0 Å². The average Bonchev–Trinajstić information content (AvgIpc) is 3.53. The van der Waals surface area contributed by atoms with Crippen LogP contribution in [0.2, 0.25) is 0 Å². The Kier molecular flexibility index (Phi) is 6.88. The molecule has 0 bridgehead atoms. The van der Waals surface area contributed by atoms with Crippen LogP contribution in [0, 0.1) is 0 Å². The third-order valence-corrected chi connectivity index (χ3v) is 6.34. The Morgan fingerprint density at radius 1 is 1.17 bits per heavy atom. The highest BCUT2D eigenvalue weighted by molar-refractivity contribution is 5.84. The Bertz CT molecular complexity index is 1320. The van der Waals surface area contributed by atoms with Crippen molar-refractivity contribution in [3.05, 3.63) is 60.2 Å². The molecule has 1 aliphatic heterocycles. The first-order valence-corrected chi connectivity index (χ1v) is 12.5. The first-order chi connectivity index (χ1) is 17.5. The molecule has 4 aromatic rings.